The highest BCUT2D eigenvalue weighted by Gasteiger charge is 2.33. The lowest BCUT2D eigenvalue weighted by atomic mass is 9.98. The van der Waals surface area contributed by atoms with Crippen LogP contribution in [-0.2, 0) is 11.5 Å². The maximum absolute atomic E-state index is 13.0. The molecule has 1 aromatic rings. The van der Waals surface area contributed by atoms with Crippen molar-refractivity contribution in [2.24, 2.45) is 5.92 Å². The molecule has 106 valence electrons. The fourth-order valence-electron chi connectivity index (χ4n) is 2.41. The van der Waals surface area contributed by atoms with Crippen LogP contribution in [0, 0.1) is 5.92 Å². The standard InChI is InChI=1S/C14H17BrF3N/c1-10-4-6-19(7-5-10)12-3-2-11(9-15)13(8-12)14(16,17)18/h2-3,8,10H,4-7,9H2,1H3. The topological polar surface area (TPSA) is 3.24 Å². The Morgan fingerprint density at radius 1 is 1.26 bits per heavy atom. The highest BCUT2D eigenvalue weighted by molar-refractivity contribution is 9.08. The molecule has 2 rings (SSSR count). The number of piperidine rings is 1. The van der Waals surface area contributed by atoms with Gasteiger partial charge >= 0.3 is 6.18 Å². The van der Waals surface area contributed by atoms with E-state index in [0.717, 1.165) is 25.9 Å². The van der Waals surface area contributed by atoms with Crippen molar-refractivity contribution in [2.75, 3.05) is 18.0 Å². The minimum Gasteiger partial charge on any atom is -0.372 e. The van der Waals surface area contributed by atoms with Crippen molar-refractivity contribution in [3.8, 4) is 0 Å². The summed E-state index contributed by atoms with van der Waals surface area (Å²) in [6, 6.07) is 4.65. The number of anilines is 1. The second-order valence-corrected chi connectivity index (χ2v) is 5.70. The van der Waals surface area contributed by atoms with Crippen LogP contribution < -0.4 is 4.90 Å². The molecule has 1 saturated heterocycles. The van der Waals surface area contributed by atoms with Crippen LogP contribution in [0.15, 0.2) is 18.2 Å². The minimum atomic E-state index is -4.29. The van der Waals surface area contributed by atoms with E-state index in [1.165, 1.54) is 6.07 Å². The highest BCUT2D eigenvalue weighted by Crippen LogP contribution is 2.36. The summed E-state index contributed by atoms with van der Waals surface area (Å²) in [4.78, 5) is 2.05. The first-order valence-electron chi connectivity index (χ1n) is 6.43. The van der Waals surface area contributed by atoms with Gasteiger partial charge in [0.2, 0.25) is 0 Å². The van der Waals surface area contributed by atoms with Gasteiger partial charge in [0.05, 0.1) is 5.56 Å². The zero-order valence-corrected chi connectivity index (χ0v) is 12.4. The summed E-state index contributed by atoms with van der Waals surface area (Å²) >= 11 is 3.12. The van der Waals surface area contributed by atoms with Gasteiger partial charge in [-0.05, 0) is 36.5 Å². The summed E-state index contributed by atoms with van der Waals surface area (Å²) in [5.74, 6) is 0.667. The minimum absolute atomic E-state index is 0.221. The van der Waals surface area contributed by atoms with Crippen LogP contribution in [0.5, 0.6) is 0 Å². The SMILES string of the molecule is CC1CCN(c2ccc(CBr)c(C(F)(F)F)c2)CC1. The first-order chi connectivity index (χ1) is 8.91. The van der Waals surface area contributed by atoms with E-state index in [9.17, 15) is 13.2 Å². The van der Waals surface area contributed by atoms with Crippen molar-refractivity contribution in [3.63, 3.8) is 0 Å². The van der Waals surface area contributed by atoms with Gasteiger partial charge in [0, 0.05) is 24.1 Å². The van der Waals surface area contributed by atoms with Crippen molar-refractivity contribution >= 4 is 21.6 Å². The average molecular weight is 336 g/mol. The molecule has 0 bridgehead atoms. The third kappa shape index (κ3) is 3.44. The lowest BCUT2D eigenvalue weighted by Crippen LogP contribution is -2.33. The van der Waals surface area contributed by atoms with Crippen molar-refractivity contribution in [3.05, 3.63) is 29.3 Å². The van der Waals surface area contributed by atoms with Gasteiger partial charge in [-0.15, -0.1) is 0 Å². The van der Waals surface area contributed by atoms with E-state index in [1.54, 1.807) is 12.1 Å². The van der Waals surface area contributed by atoms with Crippen LogP contribution in [0.3, 0.4) is 0 Å². The van der Waals surface area contributed by atoms with Crippen molar-refractivity contribution in [2.45, 2.75) is 31.3 Å². The Kier molecular flexibility index (Phi) is 4.43. The number of hydrogen-bond donors (Lipinski definition) is 0. The summed E-state index contributed by atoms with van der Waals surface area (Å²) < 4.78 is 39.0. The van der Waals surface area contributed by atoms with E-state index in [-0.39, 0.29) is 5.33 Å². The third-order valence-corrected chi connectivity index (χ3v) is 4.30. The first kappa shape index (κ1) is 14.7. The molecule has 0 aliphatic carbocycles. The number of alkyl halides is 4. The van der Waals surface area contributed by atoms with Gasteiger partial charge in [0.25, 0.3) is 0 Å². The largest absolute Gasteiger partial charge is 0.416 e. The Hall–Kier alpha value is -0.710. The number of halogens is 4. The Bertz CT molecular complexity index is 437. The van der Waals surface area contributed by atoms with E-state index >= 15 is 0 Å². The molecule has 0 spiro atoms. The molecule has 19 heavy (non-hydrogen) atoms. The van der Waals surface area contributed by atoms with Gasteiger partial charge in [0.1, 0.15) is 0 Å². The molecule has 0 unspecified atom stereocenters. The predicted molar refractivity (Wildman–Crippen MR) is 74.7 cm³/mol. The van der Waals surface area contributed by atoms with E-state index in [2.05, 4.69) is 22.9 Å². The van der Waals surface area contributed by atoms with E-state index in [0.29, 0.717) is 17.2 Å². The van der Waals surface area contributed by atoms with Gasteiger partial charge in [-0.3, -0.25) is 0 Å². The Labute approximate surface area is 119 Å². The van der Waals surface area contributed by atoms with Gasteiger partial charge in [0.15, 0.2) is 0 Å². The maximum Gasteiger partial charge on any atom is 0.416 e. The second kappa shape index (κ2) is 5.73. The van der Waals surface area contributed by atoms with E-state index in [4.69, 9.17) is 0 Å². The van der Waals surface area contributed by atoms with Crippen LogP contribution in [-0.4, -0.2) is 13.1 Å². The van der Waals surface area contributed by atoms with Gasteiger partial charge in [-0.1, -0.05) is 28.9 Å². The van der Waals surface area contributed by atoms with Crippen LogP contribution >= 0.6 is 15.9 Å². The highest BCUT2D eigenvalue weighted by atomic mass is 79.9. The van der Waals surface area contributed by atoms with Crippen molar-refractivity contribution in [1.82, 2.24) is 0 Å². The zero-order valence-electron chi connectivity index (χ0n) is 10.8. The quantitative estimate of drug-likeness (QED) is 0.699. The lowest BCUT2D eigenvalue weighted by Gasteiger charge is -2.32. The molecule has 0 atom stereocenters. The smallest absolute Gasteiger partial charge is 0.372 e. The Balaban J connectivity index is 2.28. The molecular weight excluding hydrogens is 319 g/mol. The van der Waals surface area contributed by atoms with Crippen LogP contribution in [0.1, 0.15) is 30.9 Å². The van der Waals surface area contributed by atoms with Crippen LogP contribution in [0.4, 0.5) is 18.9 Å². The fourth-order valence-corrected chi connectivity index (χ4v) is 2.90. The molecule has 1 nitrogen and oxygen atoms in total. The fraction of sp³-hybridized carbons (Fsp3) is 0.571. The molecule has 0 aromatic heterocycles. The van der Waals surface area contributed by atoms with Crippen LogP contribution in [0.25, 0.3) is 0 Å². The van der Waals surface area contributed by atoms with Gasteiger partial charge in [-0.25, -0.2) is 0 Å². The van der Waals surface area contributed by atoms with Crippen molar-refractivity contribution < 1.29 is 13.2 Å². The van der Waals surface area contributed by atoms with Gasteiger partial charge < -0.3 is 4.90 Å². The third-order valence-electron chi connectivity index (χ3n) is 3.69. The summed E-state index contributed by atoms with van der Waals surface area (Å²) in [5, 5.41) is 0.221. The average Bonchev–Trinajstić information content (AvgIpc) is 2.38. The molecular formula is C14H17BrF3N. The number of hydrogen-bond acceptors (Lipinski definition) is 1. The maximum atomic E-state index is 13.0. The summed E-state index contributed by atoms with van der Waals surface area (Å²) in [6.07, 6.45) is -2.20. The van der Waals surface area contributed by atoms with E-state index < -0.39 is 11.7 Å². The van der Waals surface area contributed by atoms with E-state index in [1.807, 2.05) is 4.90 Å². The van der Waals surface area contributed by atoms with Gasteiger partial charge in [-0.2, -0.15) is 13.2 Å². The lowest BCUT2D eigenvalue weighted by molar-refractivity contribution is -0.138. The number of nitrogens with zero attached hydrogens (tertiary/aromatic N) is 1. The predicted octanol–water partition coefficient (Wildman–Crippen LogP) is 4.84. The first-order valence-corrected chi connectivity index (χ1v) is 7.55. The summed E-state index contributed by atoms with van der Waals surface area (Å²) in [7, 11) is 0. The normalized spacial score (nSPS) is 17.8. The molecule has 1 heterocycles. The Morgan fingerprint density at radius 2 is 1.89 bits per heavy atom. The molecule has 1 aromatic carbocycles. The molecule has 0 saturated carbocycles. The summed E-state index contributed by atoms with van der Waals surface area (Å²) in [5.41, 5.74) is 0.450. The molecule has 1 aliphatic rings. The molecule has 0 N–H and O–H groups in total. The second-order valence-electron chi connectivity index (χ2n) is 5.14. The molecule has 5 heteroatoms. The summed E-state index contributed by atoms with van der Waals surface area (Å²) in [6.45, 7) is 3.87. The van der Waals surface area contributed by atoms with Crippen molar-refractivity contribution in [1.29, 1.82) is 0 Å². The number of benzene rings is 1. The monoisotopic (exact) mass is 335 g/mol. The zero-order chi connectivity index (χ0) is 14.0. The van der Waals surface area contributed by atoms with Crippen LogP contribution in [0.2, 0.25) is 0 Å². The molecule has 0 radical (unpaired) electrons. The Morgan fingerprint density at radius 3 is 2.42 bits per heavy atom. The molecule has 0 amide bonds. The number of rotatable bonds is 2. The molecule has 1 fully saturated rings. The molecule has 1 aliphatic heterocycles.